The van der Waals surface area contributed by atoms with Crippen LogP contribution in [0.5, 0.6) is 0 Å². The average Bonchev–Trinajstić information content (AvgIpc) is 2.76. The number of rotatable bonds is 0. The minimum atomic E-state index is 0. The van der Waals surface area contributed by atoms with Crippen molar-refractivity contribution in [2.75, 3.05) is 0 Å². The maximum atomic E-state index is 2.81. The van der Waals surface area contributed by atoms with Gasteiger partial charge in [0, 0.05) is 65.4 Å². The van der Waals surface area contributed by atoms with Crippen molar-refractivity contribution in [1.29, 1.82) is 0 Å². The van der Waals surface area contributed by atoms with E-state index in [1.54, 1.807) is 0 Å². The molecule has 8 atom stereocenters. The van der Waals surface area contributed by atoms with Crippen LogP contribution in [0.4, 0.5) is 0 Å². The first-order chi connectivity index (χ1) is 9.95. The van der Waals surface area contributed by atoms with Gasteiger partial charge in [-0.05, 0) is 24.2 Å². The molecule has 0 aromatic carbocycles. The number of hydrogen-bond donors (Lipinski definition) is 0. The second kappa shape index (κ2) is 7.68. The second-order valence-electron chi connectivity index (χ2n) is 9.63. The third kappa shape index (κ3) is 3.29. The fourth-order valence-electron chi connectivity index (χ4n) is 7.04. The zero-order valence-electron chi connectivity index (χ0n) is 15.7. The summed E-state index contributed by atoms with van der Waals surface area (Å²) in [5.74, 6) is 5.72. The van der Waals surface area contributed by atoms with E-state index in [0.717, 1.165) is 35.5 Å². The largest absolute Gasteiger partial charge is 0.325 e. The Kier molecular flexibility index (Phi) is 7.18. The van der Waals surface area contributed by atoms with E-state index in [4.69, 9.17) is 0 Å². The van der Waals surface area contributed by atoms with Gasteiger partial charge in [0.2, 0.25) is 0 Å². The summed E-state index contributed by atoms with van der Waals surface area (Å²) in [5.41, 5.74) is 1.19. The van der Waals surface area contributed by atoms with Gasteiger partial charge in [-0.15, -0.1) is 0 Å². The predicted octanol–water partition coefficient (Wildman–Crippen LogP) is 5.92. The van der Waals surface area contributed by atoms with E-state index in [1.165, 1.54) is 44.9 Å². The van der Waals surface area contributed by atoms with Crippen LogP contribution in [0, 0.1) is 59.2 Å². The summed E-state index contributed by atoms with van der Waals surface area (Å²) in [6.07, 6.45) is 15.8. The molecule has 0 aromatic heterocycles. The molecule has 4 fully saturated rings. The fourth-order valence-corrected chi connectivity index (χ4v) is 7.04. The molecule has 0 aromatic rings. The van der Waals surface area contributed by atoms with E-state index in [1.807, 2.05) is 0 Å². The maximum absolute atomic E-state index is 2.81. The third-order valence-electron chi connectivity index (χ3n) is 8.85. The molecular formula is C21H34Y2-2. The number of hydrogen-bond acceptors (Lipinski definition) is 0. The molecule has 4 rings (SSSR count). The first kappa shape index (κ1) is 21.5. The van der Waals surface area contributed by atoms with Crippen LogP contribution in [0.2, 0.25) is 0 Å². The summed E-state index contributed by atoms with van der Waals surface area (Å²) in [6.45, 7) is 10.2. The molecule has 126 valence electrons. The van der Waals surface area contributed by atoms with Crippen molar-refractivity contribution in [1.82, 2.24) is 0 Å². The Morgan fingerprint density at radius 1 is 0.913 bits per heavy atom. The van der Waals surface area contributed by atoms with Crippen LogP contribution >= 0.6 is 0 Å². The van der Waals surface area contributed by atoms with Gasteiger partial charge in [-0.3, -0.25) is 0 Å². The molecule has 23 heavy (non-hydrogen) atoms. The molecular weight excluding hydrogens is 430 g/mol. The van der Waals surface area contributed by atoms with Gasteiger partial charge in [-0.2, -0.15) is 24.2 Å². The molecule has 8 unspecified atom stereocenters. The molecule has 0 aliphatic heterocycles. The van der Waals surface area contributed by atoms with Gasteiger partial charge in [-0.1, -0.05) is 70.6 Å². The Hall–Kier alpha value is 2.21. The van der Waals surface area contributed by atoms with Crippen molar-refractivity contribution in [2.45, 2.75) is 72.6 Å². The van der Waals surface area contributed by atoms with Crippen molar-refractivity contribution in [3.05, 3.63) is 12.8 Å². The zero-order valence-corrected chi connectivity index (χ0v) is 21.4. The van der Waals surface area contributed by atoms with Crippen LogP contribution in [-0.2, 0) is 65.4 Å². The second-order valence-corrected chi connectivity index (χ2v) is 9.63. The first-order valence-electron chi connectivity index (χ1n) is 9.63. The van der Waals surface area contributed by atoms with Gasteiger partial charge in [0.15, 0.2) is 0 Å². The topological polar surface area (TPSA) is 0 Å². The van der Waals surface area contributed by atoms with Crippen LogP contribution in [-0.4, -0.2) is 0 Å². The molecule has 2 radical (unpaired) electrons. The molecule has 2 heteroatoms. The van der Waals surface area contributed by atoms with E-state index in [-0.39, 0.29) is 65.4 Å². The molecule has 4 saturated carbocycles. The van der Waals surface area contributed by atoms with E-state index in [0.29, 0.717) is 10.8 Å². The Labute approximate surface area is 195 Å². The molecule has 0 spiro atoms. The summed E-state index contributed by atoms with van der Waals surface area (Å²) in [5, 5.41) is 0. The van der Waals surface area contributed by atoms with Crippen LogP contribution in [0.25, 0.3) is 0 Å². The van der Waals surface area contributed by atoms with Crippen LogP contribution in [0.1, 0.15) is 72.6 Å². The Balaban J connectivity index is 0.000000960. The van der Waals surface area contributed by atoms with Gasteiger partial charge >= 0.3 is 0 Å². The summed E-state index contributed by atoms with van der Waals surface area (Å²) < 4.78 is 0. The summed E-state index contributed by atoms with van der Waals surface area (Å²) >= 11 is 0. The van der Waals surface area contributed by atoms with E-state index in [9.17, 15) is 0 Å². The molecule has 0 bridgehead atoms. The molecule has 0 saturated heterocycles. The van der Waals surface area contributed by atoms with E-state index >= 15 is 0 Å². The van der Waals surface area contributed by atoms with Gasteiger partial charge < -0.3 is 12.8 Å². The standard InChI is InChI=1S/C21H34.2Y/c1-14-9-11-21(4)16(13-14)6-7-17-18-8-5-15(2)20(18,3)12-10-19(17)21;;/h7,12,14-19H,5-6,8-11,13H2,1-4H3;;/q-2;;. The average molecular weight is 464 g/mol. The van der Waals surface area contributed by atoms with Crippen LogP contribution in [0.15, 0.2) is 0 Å². The molecule has 0 N–H and O–H groups in total. The fraction of sp³-hybridized carbons (Fsp3) is 0.905. The van der Waals surface area contributed by atoms with Crippen molar-refractivity contribution in [3.63, 3.8) is 0 Å². The van der Waals surface area contributed by atoms with E-state index < -0.39 is 0 Å². The third-order valence-corrected chi connectivity index (χ3v) is 8.85. The van der Waals surface area contributed by atoms with E-state index in [2.05, 4.69) is 40.5 Å². The van der Waals surface area contributed by atoms with Crippen LogP contribution < -0.4 is 0 Å². The van der Waals surface area contributed by atoms with Crippen LogP contribution in [0.3, 0.4) is 0 Å². The van der Waals surface area contributed by atoms with Crippen molar-refractivity contribution in [3.8, 4) is 0 Å². The Morgan fingerprint density at radius 2 is 1.65 bits per heavy atom. The Morgan fingerprint density at radius 3 is 2.39 bits per heavy atom. The van der Waals surface area contributed by atoms with Gasteiger partial charge in [-0.25, -0.2) is 0 Å². The monoisotopic (exact) mass is 464 g/mol. The SMILES string of the molecule is CC1CCC2(C)C(C[CH-]C3C4CCC(C)C4(C)[CH-]CC32)C1.[Y].[Y]. The van der Waals surface area contributed by atoms with Gasteiger partial charge in [0.1, 0.15) is 0 Å². The van der Waals surface area contributed by atoms with Gasteiger partial charge in [0.25, 0.3) is 0 Å². The molecule has 0 amide bonds. The molecule has 0 nitrogen and oxygen atoms in total. The minimum Gasteiger partial charge on any atom is -0.325 e. The van der Waals surface area contributed by atoms with Crippen molar-refractivity contribution >= 4 is 0 Å². The zero-order chi connectivity index (χ0) is 14.8. The molecule has 4 aliphatic carbocycles. The minimum absolute atomic E-state index is 0. The normalized spacial score (nSPS) is 54.8. The molecule has 0 heterocycles. The molecule has 4 aliphatic rings. The number of fused-ring (bicyclic) bond motifs is 5. The summed E-state index contributed by atoms with van der Waals surface area (Å²) in [6, 6.07) is 0. The van der Waals surface area contributed by atoms with Gasteiger partial charge in [0.05, 0.1) is 0 Å². The maximum Gasteiger partial charge on any atom is 0 e. The quantitative estimate of drug-likeness (QED) is 0.391. The summed E-state index contributed by atoms with van der Waals surface area (Å²) in [4.78, 5) is 0. The first-order valence-corrected chi connectivity index (χ1v) is 9.63. The smallest absolute Gasteiger partial charge is 0 e. The predicted molar refractivity (Wildman–Crippen MR) is 89.4 cm³/mol. The van der Waals surface area contributed by atoms with Crippen molar-refractivity contribution in [2.24, 2.45) is 46.3 Å². The van der Waals surface area contributed by atoms with Crippen molar-refractivity contribution < 1.29 is 65.4 Å². The summed E-state index contributed by atoms with van der Waals surface area (Å²) in [7, 11) is 0. The Bertz CT molecular complexity index is 422.